The summed E-state index contributed by atoms with van der Waals surface area (Å²) in [6.07, 6.45) is 0. The van der Waals surface area contributed by atoms with Gasteiger partial charge in [-0.25, -0.2) is 0 Å². The zero-order valence-electron chi connectivity index (χ0n) is 11.1. The average molecular weight is 269 g/mol. The van der Waals surface area contributed by atoms with Crippen molar-refractivity contribution >= 4 is 0 Å². The Balaban J connectivity index is 2.13. The number of hydrogen-bond acceptors (Lipinski definition) is 6. The van der Waals surface area contributed by atoms with E-state index in [9.17, 15) is 10.2 Å². The first-order chi connectivity index (χ1) is 9.11. The summed E-state index contributed by atoms with van der Waals surface area (Å²) in [7, 11) is 1.57. The molecule has 0 unspecified atom stereocenters. The summed E-state index contributed by atoms with van der Waals surface area (Å²) < 4.78 is 15.9. The van der Waals surface area contributed by atoms with Crippen molar-refractivity contribution in [2.45, 2.75) is 19.0 Å². The molecule has 1 aliphatic heterocycles. The Labute approximate surface area is 111 Å². The fourth-order valence-electron chi connectivity index (χ4n) is 1.76. The van der Waals surface area contributed by atoms with Crippen LogP contribution in [0.5, 0.6) is 17.2 Å². The molecule has 19 heavy (non-hydrogen) atoms. The molecule has 0 fully saturated rings. The third-order valence-corrected chi connectivity index (χ3v) is 3.14. The number of aliphatic hydroxyl groups is 2. The van der Waals surface area contributed by atoms with Crippen LogP contribution in [0.15, 0.2) is 12.1 Å². The number of benzene rings is 1. The molecule has 0 aromatic heterocycles. The number of ether oxygens (including phenoxy) is 3. The van der Waals surface area contributed by atoms with Crippen molar-refractivity contribution in [3.63, 3.8) is 0 Å². The van der Waals surface area contributed by atoms with Crippen molar-refractivity contribution < 1.29 is 24.4 Å². The fourth-order valence-corrected chi connectivity index (χ4v) is 1.76. The number of nitrogens with one attached hydrogen (secondary N) is 1. The van der Waals surface area contributed by atoms with E-state index < -0.39 is 5.54 Å². The SMILES string of the molecule is COc1cc(CNC(C)(CO)CO)cc2c1OCO2. The Kier molecular flexibility index (Phi) is 4.14. The van der Waals surface area contributed by atoms with Crippen molar-refractivity contribution in [2.24, 2.45) is 0 Å². The third kappa shape index (κ3) is 2.91. The van der Waals surface area contributed by atoms with Crippen molar-refractivity contribution in [3.8, 4) is 17.2 Å². The molecule has 0 spiro atoms. The van der Waals surface area contributed by atoms with Crippen molar-refractivity contribution in [2.75, 3.05) is 27.1 Å². The van der Waals surface area contributed by atoms with Gasteiger partial charge in [0.15, 0.2) is 11.5 Å². The average Bonchev–Trinajstić information content (AvgIpc) is 2.92. The summed E-state index contributed by atoms with van der Waals surface area (Å²) in [5.41, 5.74) is 0.207. The van der Waals surface area contributed by atoms with Gasteiger partial charge in [0.25, 0.3) is 0 Å². The molecule has 1 aromatic rings. The van der Waals surface area contributed by atoms with Gasteiger partial charge in [-0.1, -0.05) is 0 Å². The smallest absolute Gasteiger partial charge is 0.231 e. The number of aliphatic hydroxyl groups excluding tert-OH is 2. The van der Waals surface area contributed by atoms with E-state index in [1.54, 1.807) is 14.0 Å². The van der Waals surface area contributed by atoms with E-state index in [2.05, 4.69) is 5.32 Å². The molecule has 6 nitrogen and oxygen atoms in total. The van der Waals surface area contributed by atoms with E-state index in [-0.39, 0.29) is 20.0 Å². The lowest BCUT2D eigenvalue weighted by Crippen LogP contribution is -2.48. The van der Waals surface area contributed by atoms with Crippen LogP contribution < -0.4 is 19.5 Å². The van der Waals surface area contributed by atoms with Gasteiger partial charge in [0.05, 0.1) is 25.9 Å². The van der Waals surface area contributed by atoms with E-state index >= 15 is 0 Å². The molecule has 0 saturated heterocycles. The Hall–Kier alpha value is -1.50. The molecule has 0 bridgehead atoms. The molecule has 0 atom stereocenters. The second kappa shape index (κ2) is 5.64. The highest BCUT2D eigenvalue weighted by Gasteiger charge is 2.23. The van der Waals surface area contributed by atoms with Crippen LogP contribution >= 0.6 is 0 Å². The minimum absolute atomic E-state index is 0.148. The van der Waals surface area contributed by atoms with Crippen LogP contribution in [0.2, 0.25) is 0 Å². The number of methoxy groups -OCH3 is 1. The summed E-state index contributed by atoms with van der Waals surface area (Å²) in [6, 6.07) is 3.70. The maximum absolute atomic E-state index is 9.23. The molecule has 6 heteroatoms. The van der Waals surface area contributed by atoms with Crippen LogP contribution in [0.25, 0.3) is 0 Å². The first kappa shape index (κ1) is 13.9. The summed E-state index contributed by atoms with van der Waals surface area (Å²) >= 11 is 0. The largest absolute Gasteiger partial charge is 0.493 e. The van der Waals surface area contributed by atoms with Gasteiger partial charge >= 0.3 is 0 Å². The molecule has 1 aliphatic rings. The Morgan fingerprint density at radius 2 is 2.05 bits per heavy atom. The van der Waals surface area contributed by atoms with E-state index in [0.717, 1.165) is 5.56 Å². The molecule has 0 amide bonds. The highest BCUT2D eigenvalue weighted by molar-refractivity contribution is 5.55. The quantitative estimate of drug-likeness (QED) is 0.687. The fraction of sp³-hybridized carbons (Fsp3) is 0.538. The summed E-state index contributed by atoms with van der Waals surface area (Å²) in [5, 5.41) is 21.6. The monoisotopic (exact) mass is 269 g/mol. The van der Waals surface area contributed by atoms with Crippen LogP contribution in [0, 0.1) is 0 Å². The molecule has 2 rings (SSSR count). The molecule has 106 valence electrons. The Morgan fingerprint density at radius 3 is 2.68 bits per heavy atom. The van der Waals surface area contributed by atoms with Crippen molar-refractivity contribution in [3.05, 3.63) is 17.7 Å². The third-order valence-electron chi connectivity index (χ3n) is 3.14. The normalized spacial score (nSPS) is 13.7. The highest BCUT2D eigenvalue weighted by Crippen LogP contribution is 2.41. The summed E-state index contributed by atoms with van der Waals surface area (Å²) in [6.45, 7) is 2.12. The molecule has 3 N–H and O–H groups in total. The zero-order valence-corrected chi connectivity index (χ0v) is 11.1. The molecule has 1 aromatic carbocycles. The standard InChI is InChI=1S/C13H19NO5/c1-13(6-15,7-16)14-5-9-3-10(17-2)12-11(4-9)18-8-19-12/h3-4,14-16H,5-8H2,1-2H3. The van der Waals surface area contributed by atoms with Crippen LogP contribution in [0.1, 0.15) is 12.5 Å². The molecular formula is C13H19NO5. The van der Waals surface area contributed by atoms with Gasteiger partial charge in [-0.2, -0.15) is 0 Å². The van der Waals surface area contributed by atoms with Gasteiger partial charge in [-0.15, -0.1) is 0 Å². The number of rotatable bonds is 6. The van der Waals surface area contributed by atoms with Gasteiger partial charge in [-0.3, -0.25) is 0 Å². The minimum atomic E-state index is -0.719. The molecule has 1 heterocycles. The molecule has 0 saturated carbocycles. The second-order valence-corrected chi connectivity index (χ2v) is 4.76. The maximum Gasteiger partial charge on any atom is 0.231 e. The van der Waals surface area contributed by atoms with Gasteiger partial charge in [0, 0.05) is 6.54 Å². The summed E-state index contributed by atoms with van der Waals surface area (Å²) in [5.74, 6) is 1.87. The van der Waals surface area contributed by atoms with Gasteiger partial charge < -0.3 is 29.7 Å². The van der Waals surface area contributed by atoms with Gasteiger partial charge in [-0.05, 0) is 24.6 Å². The molecule has 0 radical (unpaired) electrons. The lowest BCUT2D eigenvalue weighted by atomic mass is 10.0. The first-order valence-electron chi connectivity index (χ1n) is 6.05. The topological polar surface area (TPSA) is 80.2 Å². The minimum Gasteiger partial charge on any atom is -0.493 e. The lowest BCUT2D eigenvalue weighted by Gasteiger charge is -2.26. The van der Waals surface area contributed by atoms with Crippen LogP contribution in [-0.2, 0) is 6.54 Å². The molecular weight excluding hydrogens is 250 g/mol. The van der Waals surface area contributed by atoms with E-state index in [1.807, 2.05) is 12.1 Å². The van der Waals surface area contributed by atoms with Gasteiger partial charge in [0.2, 0.25) is 12.5 Å². The van der Waals surface area contributed by atoms with Crippen LogP contribution in [-0.4, -0.2) is 42.9 Å². The van der Waals surface area contributed by atoms with E-state index in [4.69, 9.17) is 14.2 Å². The number of fused-ring (bicyclic) bond motifs is 1. The predicted octanol–water partition coefficient (Wildman–Crippen LogP) is 0.257. The highest BCUT2D eigenvalue weighted by atomic mass is 16.7. The number of hydrogen-bond donors (Lipinski definition) is 3. The zero-order chi connectivity index (χ0) is 13.9. The van der Waals surface area contributed by atoms with Crippen molar-refractivity contribution in [1.29, 1.82) is 0 Å². The van der Waals surface area contributed by atoms with Crippen molar-refractivity contribution in [1.82, 2.24) is 5.32 Å². The van der Waals surface area contributed by atoms with Gasteiger partial charge in [0.1, 0.15) is 0 Å². The van der Waals surface area contributed by atoms with E-state index in [0.29, 0.717) is 23.8 Å². The summed E-state index contributed by atoms with van der Waals surface area (Å²) in [4.78, 5) is 0. The Bertz CT molecular complexity index is 445. The Morgan fingerprint density at radius 1 is 1.32 bits per heavy atom. The predicted molar refractivity (Wildman–Crippen MR) is 68.5 cm³/mol. The lowest BCUT2D eigenvalue weighted by molar-refractivity contribution is 0.103. The van der Waals surface area contributed by atoms with Crippen LogP contribution in [0.3, 0.4) is 0 Å². The first-order valence-corrected chi connectivity index (χ1v) is 6.05. The van der Waals surface area contributed by atoms with E-state index in [1.165, 1.54) is 0 Å². The second-order valence-electron chi connectivity index (χ2n) is 4.76. The molecule has 0 aliphatic carbocycles. The maximum atomic E-state index is 9.23. The van der Waals surface area contributed by atoms with Crippen LogP contribution in [0.4, 0.5) is 0 Å².